The van der Waals surface area contributed by atoms with Gasteiger partial charge in [0.15, 0.2) is 0 Å². The number of carbonyl (C=O) groups is 2. The Labute approximate surface area is 198 Å². The Hall–Kier alpha value is -3.48. The number of likely N-dealkylation sites (tertiary alicyclic amines) is 1. The molecule has 0 atom stereocenters. The molecule has 2 aromatic carbocycles. The largest absolute Gasteiger partial charge is 0.342 e. The fourth-order valence-corrected chi connectivity index (χ4v) is 5.36. The van der Waals surface area contributed by atoms with Crippen LogP contribution in [0.2, 0.25) is 0 Å². The molecule has 172 valence electrons. The van der Waals surface area contributed by atoms with Crippen LogP contribution in [0.1, 0.15) is 31.2 Å². The summed E-state index contributed by atoms with van der Waals surface area (Å²) in [6.07, 6.45) is 5.64. The van der Waals surface area contributed by atoms with Gasteiger partial charge in [-0.2, -0.15) is 5.10 Å². The van der Waals surface area contributed by atoms with Gasteiger partial charge in [0.2, 0.25) is 5.91 Å². The zero-order valence-corrected chi connectivity index (χ0v) is 19.3. The number of rotatable bonds is 5. The highest BCUT2D eigenvalue weighted by atomic mass is 16.2. The molecule has 3 aromatic rings. The van der Waals surface area contributed by atoms with Crippen LogP contribution in [0.4, 0.5) is 0 Å². The van der Waals surface area contributed by atoms with E-state index >= 15 is 0 Å². The highest BCUT2D eigenvalue weighted by molar-refractivity contribution is 6.16. The van der Waals surface area contributed by atoms with Crippen molar-refractivity contribution < 1.29 is 9.59 Å². The third-order valence-electron chi connectivity index (χ3n) is 7.80. The smallest absolute Gasteiger partial charge is 0.256 e. The molecule has 34 heavy (non-hydrogen) atoms. The van der Waals surface area contributed by atoms with Crippen molar-refractivity contribution >= 4 is 28.6 Å². The maximum atomic E-state index is 13.2. The molecule has 1 saturated heterocycles. The van der Waals surface area contributed by atoms with Crippen LogP contribution in [0.15, 0.2) is 53.7 Å². The van der Waals surface area contributed by atoms with Crippen molar-refractivity contribution in [3.05, 3.63) is 54.2 Å². The molecule has 7 rings (SSSR count). The van der Waals surface area contributed by atoms with Crippen molar-refractivity contribution in [2.24, 2.45) is 23.9 Å². The van der Waals surface area contributed by atoms with Crippen molar-refractivity contribution in [2.45, 2.75) is 31.2 Å². The number of amidine groups is 1. The average molecular weight is 454 g/mol. The summed E-state index contributed by atoms with van der Waals surface area (Å²) in [5.41, 5.74) is 3.83. The van der Waals surface area contributed by atoms with Crippen molar-refractivity contribution in [1.82, 2.24) is 19.6 Å². The number of aromatic nitrogens is 2. The van der Waals surface area contributed by atoms with Gasteiger partial charge in [-0.05, 0) is 48.9 Å². The molecule has 2 aliphatic carbocycles. The Bertz CT molecular complexity index is 1360. The summed E-state index contributed by atoms with van der Waals surface area (Å²) >= 11 is 0. The summed E-state index contributed by atoms with van der Waals surface area (Å²) < 4.78 is 1.88. The van der Waals surface area contributed by atoms with Crippen molar-refractivity contribution in [3.8, 4) is 11.1 Å². The SMILES string of the molecule is Cn1ncc2cc(-c3ccc(C4=NC5(CC5)C(=O)N4CC4CN(C(=O)C5CC5)C4)cc3)ccc21. The van der Waals surface area contributed by atoms with E-state index in [1.165, 1.54) is 0 Å². The highest BCUT2D eigenvalue weighted by Gasteiger charge is 2.57. The summed E-state index contributed by atoms with van der Waals surface area (Å²) in [6, 6.07) is 14.7. The molecule has 2 amide bonds. The maximum absolute atomic E-state index is 13.2. The third kappa shape index (κ3) is 3.10. The van der Waals surface area contributed by atoms with Gasteiger partial charge in [0.1, 0.15) is 11.4 Å². The molecule has 1 aromatic heterocycles. The zero-order chi connectivity index (χ0) is 23.0. The molecule has 2 aliphatic heterocycles. The first-order valence-corrected chi connectivity index (χ1v) is 12.2. The predicted octanol–water partition coefficient (Wildman–Crippen LogP) is 3.23. The molecule has 0 radical (unpaired) electrons. The summed E-state index contributed by atoms with van der Waals surface area (Å²) in [4.78, 5) is 34.3. The van der Waals surface area contributed by atoms with E-state index in [9.17, 15) is 9.59 Å². The summed E-state index contributed by atoms with van der Waals surface area (Å²) in [7, 11) is 1.95. The van der Waals surface area contributed by atoms with Crippen molar-refractivity contribution in [1.29, 1.82) is 0 Å². The summed E-state index contributed by atoms with van der Waals surface area (Å²) in [6.45, 7) is 2.16. The number of aryl methyl sites for hydroxylation is 1. The number of benzene rings is 2. The normalized spacial score (nSPS) is 21.3. The first kappa shape index (κ1) is 19.9. The van der Waals surface area contributed by atoms with Crippen molar-refractivity contribution in [2.75, 3.05) is 19.6 Å². The Kier molecular flexibility index (Phi) is 4.11. The number of nitrogens with zero attached hydrogens (tertiary/aromatic N) is 5. The Morgan fingerprint density at radius 3 is 2.44 bits per heavy atom. The Morgan fingerprint density at radius 2 is 1.74 bits per heavy atom. The maximum Gasteiger partial charge on any atom is 0.256 e. The van der Waals surface area contributed by atoms with Gasteiger partial charge >= 0.3 is 0 Å². The number of hydrogen-bond donors (Lipinski definition) is 0. The van der Waals surface area contributed by atoms with Gasteiger partial charge in [0, 0.05) is 49.5 Å². The van der Waals surface area contributed by atoms with Gasteiger partial charge < -0.3 is 4.90 Å². The molecule has 7 heteroatoms. The van der Waals surface area contributed by atoms with Gasteiger partial charge in [-0.25, -0.2) is 0 Å². The fraction of sp³-hybridized carbons (Fsp3) is 0.407. The second kappa shape index (κ2) is 7.01. The second-order valence-electron chi connectivity index (χ2n) is 10.4. The van der Waals surface area contributed by atoms with Crippen LogP contribution in [0.3, 0.4) is 0 Å². The lowest BCUT2D eigenvalue weighted by Gasteiger charge is -2.41. The molecular formula is C27H27N5O2. The van der Waals surface area contributed by atoms with Crippen LogP contribution in [0.25, 0.3) is 22.0 Å². The van der Waals surface area contributed by atoms with Crippen LogP contribution in [-0.4, -0.2) is 62.4 Å². The van der Waals surface area contributed by atoms with Gasteiger partial charge in [0.05, 0.1) is 11.7 Å². The lowest BCUT2D eigenvalue weighted by Crippen LogP contribution is -2.55. The van der Waals surface area contributed by atoms with Crippen LogP contribution in [-0.2, 0) is 16.6 Å². The monoisotopic (exact) mass is 453 g/mol. The lowest BCUT2D eigenvalue weighted by molar-refractivity contribution is -0.139. The molecule has 3 fully saturated rings. The Balaban J connectivity index is 1.11. The average Bonchev–Trinajstić information content (AvgIpc) is 3.75. The molecule has 7 nitrogen and oxygen atoms in total. The molecule has 4 aliphatic rings. The lowest BCUT2D eigenvalue weighted by atomic mass is 9.97. The Morgan fingerprint density at radius 1 is 1.03 bits per heavy atom. The second-order valence-corrected chi connectivity index (χ2v) is 10.4. The van der Waals surface area contributed by atoms with E-state index in [1.807, 2.05) is 27.7 Å². The molecule has 1 spiro atoms. The number of aliphatic imine (C=N–C) groups is 1. The number of carbonyl (C=O) groups excluding carboxylic acids is 2. The molecule has 3 heterocycles. The standard InChI is InChI=1S/C27H27N5O2/c1-30-23-9-8-21(12-22(23)13-28-30)18-2-4-19(5-3-18)24-29-27(10-11-27)26(34)32(24)16-17-14-31(15-17)25(33)20-6-7-20/h2-5,8-9,12-13,17,20H,6-7,10-11,14-16H2,1H3. The van der Waals surface area contributed by atoms with E-state index < -0.39 is 5.54 Å². The highest BCUT2D eigenvalue weighted by Crippen LogP contribution is 2.46. The van der Waals surface area contributed by atoms with Gasteiger partial charge in [-0.3, -0.25) is 24.2 Å². The van der Waals surface area contributed by atoms with E-state index in [1.54, 1.807) is 0 Å². The number of amides is 2. The first-order chi connectivity index (χ1) is 16.5. The van der Waals surface area contributed by atoms with Crippen LogP contribution in [0, 0.1) is 11.8 Å². The molecule has 0 unspecified atom stereocenters. The van der Waals surface area contributed by atoms with Crippen molar-refractivity contribution in [3.63, 3.8) is 0 Å². The van der Waals surface area contributed by atoms with E-state index in [0.717, 1.165) is 72.2 Å². The quantitative estimate of drug-likeness (QED) is 0.596. The van der Waals surface area contributed by atoms with Gasteiger partial charge in [-0.1, -0.05) is 30.3 Å². The first-order valence-electron chi connectivity index (χ1n) is 12.2. The summed E-state index contributed by atoms with van der Waals surface area (Å²) in [5, 5.41) is 5.45. The minimum atomic E-state index is -0.521. The minimum Gasteiger partial charge on any atom is -0.342 e. The molecule has 2 saturated carbocycles. The summed E-state index contributed by atoms with van der Waals surface area (Å²) in [5.74, 6) is 1.83. The minimum absolute atomic E-state index is 0.139. The molecule has 0 N–H and O–H groups in total. The van der Waals surface area contributed by atoms with Crippen LogP contribution in [0.5, 0.6) is 0 Å². The number of hydrogen-bond acceptors (Lipinski definition) is 4. The topological polar surface area (TPSA) is 70.8 Å². The fourth-order valence-electron chi connectivity index (χ4n) is 5.36. The van der Waals surface area contributed by atoms with Crippen LogP contribution >= 0.6 is 0 Å². The van der Waals surface area contributed by atoms with E-state index in [2.05, 4.69) is 47.6 Å². The van der Waals surface area contributed by atoms with E-state index in [-0.39, 0.29) is 11.8 Å². The third-order valence-corrected chi connectivity index (χ3v) is 7.80. The van der Waals surface area contributed by atoms with Gasteiger partial charge in [-0.15, -0.1) is 0 Å². The van der Waals surface area contributed by atoms with Gasteiger partial charge in [0.25, 0.3) is 5.91 Å². The molecular weight excluding hydrogens is 426 g/mol. The number of fused-ring (bicyclic) bond motifs is 1. The van der Waals surface area contributed by atoms with E-state index in [4.69, 9.17) is 4.99 Å². The molecule has 0 bridgehead atoms. The van der Waals surface area contributed by atoms with E-state index in [0.29, 0.717) is 18.4 Å². The predicted molar refractivity (Wildman–Crippen MR) is 129 cm³/mol. The zero-order valence-electron chi connectivity index (χ0n) is 19.3. The van der Waals surface area contributed by atoms with Crippen LogP contribution < -0.4 is 0 Å².